The number of hydrogen-bond acceptors (Lipinski definition) is 7. The third-order valence-corrected chi connectivity index (χ3v) is 6.07. The third kappa shape index (κ3) is 4.90. The van der Waals surface area contributed by atoms with Gasteiger partial charge in [0.2, 0.25) is 11.6 Å². The van der Waals surface area contributed by atoms with Crippen LogP contribution in [0.5, 0.6) is 0 Å². The highest BCUT2D eigenvalue weighted by Gasteiger charge is 2.23. The molecule has 0 saturated heterocycles. The highest BCUT2D eigenvalue weighted by atomic mass is 16.1. The molecule has 1 aliphatic carbocycles. The molecule has 0 atom stereocenters. The molecule has 2 aromatic heterocycles. The van der Waals surface area contributed by atoms with E-state index in [1.54, 1.807) is 0 Å². The molecular weight excluding hydrogens is 472 g/mol. The number of ketones is 1. The van der Waals surface area contributed by atoms with E-state index in [9.17, 15) is 4.79 Å². The van der Waals surface area contributed by atoms with Crippen LogP contribution in [0.25, 0.3) is 39.7 Å². The quantitative estimate of drug-likeness (QED) is 0.266. The Bertz CT molecular complexity index is 1610. The van der Waals surface area contributed by atoms with Crippen LogP contribution in [0.1, 0.15) is 35.1 Å². The topological polar surface area (TPSA) is 94.4 Å². The summed E-state index contributed by atoms with van der Waals surface area (Å²) in [5.74, 6) is 1.19. The van der Waals surface area contributed by atoms with Crippen molar-refractivity contribution in [3.05, 3.63) is 127 Å². The maximum atomic E-state index is 13.9. The largest absolute Gasteiger partial charge is 0.281 e. The number of carbonyl (C=O) groups is 1. The molecule has 0 fully saturated rings. The molecule has 0 radical (unpaired) electrons. The zero-order chi connectivity index (χ0) is 25.7. The molecule has 0 bridgehead atoms. The second-order valence-electron chi connectivity index (χ2n) is 8.70. The van der Waals surface area contributed by atoms with Gasteiger partial charge in [0.1, 0.15) is 0 Å². The summed E-state index contributed by atoms with van der Waals surface area (Å²) < 4.78 is 0. The van der Waals surface area contributed by atoms with Crippen molar-refractivity contribution in [2.45, 2.75) is 12.8 Å². The summed E-state index contributed by atoms with van der Waals surface area (Å²) in [6, 6.07) is 28.6. The fourth-order valence-electron chi connectivity index (χ4n) is 4.14. The first-order chi connectivity index (χ1) is 18.7. The molecule has 38 heavy (non-hydrogen) atoms. The van der Waals surface area contributed by atoms with Crippen molar-refractivity contribution >= 4 is 11.4 Å². The summed E-state index contributed by atoms with van der Waals surface area (Å²) in [5, 5.41) is 0. The zero-order valence-corrected chi connectivity index (χ0v) is 20.4. The van der Waals surface area contributed by atoms with Crippen molar-refractivity contribution in [2.24, 2.45) is 0 Å². The molecule has 2 heterocycles. The van der Waals surface area contributed by atoms with Crippen LogP contribution in [0.15, 0.2) is 109 Å². The van der Waals surface area contributed by atoms with Gasteiger partial charge < -0.3 is 0 Å². The van der Waals surface area contributed by atoms with Crippen LogP contribution in [0.4, 0.5) is 0 Å². The first-order valence-corrected chi connectivity index (χ1v) is 12.3. The van der Waals surface area contributed by atoms with Gasteiger partial charge in [0.05, 0.1) is 0 Å². The third-order valence-electron chi connectivity index (χ3n) is 6.07. The molecule has 1 aliphatic rings. The van der Waals surface area contributed by atoms with Gasteiger partial charge in [-0.25, -0.2) is 29.9 Å². The fourth-order valence-corrected chi connectivity index (χ4v) is 4.14. The smallest absolute Gasteiger partial charge is 0.267 e. The van der Waals surface area contributed by atoms with Crippen molar-refractivity contribution in [3.8, 4) is 34.2 Å². The van der Waals surface area contributed by atoms with Crippen molar-refractivity contribution in [2.75, 3.05) is 0 Å². The molecule has 5 aromatic rings. The van der Waals surface area contributed by atoms with Crippen LogP contribution in [-0.4, -0.2) is 35.7 Å². The normalized spacial score (nSPS) is 12.7. The van der Waals surface area contributed by atoms with Crippen molar-refractivity contribution in [3.63, 3.8) is 0 Å². The number of nitrogens with zero attached hydrogens (tertiary/aromatic N) is 6. The minimum Gasteiger partial charge on any atom is -0.281 e. The molecule has 7 heteroatoms. The average Bonchev–Trinajstić information content (AvgIpc) is 3.02. The maximum absolute atomic E-state index is 13.9. The number of carbonyl (C=O) groups excluding carboxylic acids is 1. The van der Waals surface area contributed by atoms with E-state index in [1.807, 2.05) is 103 Å². The van der Waals surface area contributed by atoms with Gasteiger partial charge in [-0.2, -0.15) is 0 Å². The lowest BCUT2D eigenvalue weighted by molar-refractivity contribution is 0.101. The molecule has 0 N–H and O–H groups in total. The van der Waals surface area contributed by atoms with E-state index < -0.39 is 5.78 Å². The number of hydrogen-bond donors (Lipinski definition) is 0. The maximum Gasteiger partial charge on any atom is 0.267 e. The molecule has 0 unspecified atom stereocenters. The average molecular weight is 495 g/mol. The van der Waals surface area contributed by atoms with E-state index in [2.05, 4.69) is 31.0 Å². The van der Waals surface area contributed by atoms with Crippen LogP contribution in [0, 0.1) is 0 Å². The van der Waals surface area contributed by atoms with Crippen LogP contribution in [0.2, 0.25) is 0 Å². The van der Waals surface area contributed by atoms with Gasteiger partial charge in [-0.05, 0) is 18.4 Å². The Balaban J connectivity index is 1.50. The van der Waals surface area contributed by atoms with E-state index in [4.69, 9.17) is 4.98 Å². The number of rotatable bonds is 6. The number of aromatic nitrogens is 6. The van der Waals surface area contributed by atoms with Gasteiger partial charge in [-0.1, -0.05) is 109 Å². The summed E-state index contributed by atoms with van der Waals surface area (Å²) in [4.78, 5) is 41.5. The van der Waals surface area contributed by atoms with Crippen LogP contribution in [-0.2, 0) is 0 Å². The van der Waals surface area contributed by atoms with Crippen LogP contribution < -0.4 is 0 Å². The van der Waals surface area contributed by atoms with Crippen LogP contribution >= 0.6 is 0 Å². The molecule has 7 nitrogen and oxygen atoms in total. The summed E-state index contributed by atoms with van der Waals surface area (Å²) in [6.45, 7) is 0. The molecule has 182 valence electrons. The fraction of sp³-hybridized carbons (Fsp3) is 0.0645. The molecule has 0 aliphatic heterocycles. The van der Waals surface area contributed by atoms with Crippen molar-refractivity contribution in [1.82, 2.24) is 29.9 Å². The highest BCUT2D eigenvalue weighted by Crippen LogP contribution is 2.25. The summed E-state index contributed by atoms with van der Waals surface area (Å²) >= 11 is 0. The Morgan fingerprint density at radius 3 is 1.37 bits per heavy atom. The summed E-state index contributed by atoms with van der Waals surface area (Å²) in [6.07, 6.45) is 7.72. The number of allylic oxidation sites excluding steroid dienone is 4. The zero-order valence-electron chi connectivity index (χ0n) is 20.4. The monoisotopic (exact) mass is 494 g/mol. The first-order valence-electron chi connectivity index (χ1n) is 12.3. The van der Waals surface area contributed by atoms with Gasteiger partial charge in [0.15, 0.2) is 23.3 Å². The van der Waals surface area contributed by atoms with Crippen molar-refractivity contribution < 1.29 is 4.79 Å². The SMILES string of the molecule is O=C(c1nc(C2=CC=CCC2)nc(-c2ccccc2)n1)c1nc(-c2ccccc2)nc(-c2ccccc2)n1. The number of benzene rings is 3. The minimum absolute atomic E-state index is 0.00599. The lowest BCUT2D eigenvalue weighted by Crippen LogP contribution is -2.16. The van der Waals surface area contributed by atoms with E-state index in [1.165, 1.54) is 0 Å². The molecule has 3 aromatic carbocycles. The van der Waals surface area contributed by atoms with Gasteiger partial charge >= 0.3 is 0 Å². The van der Waals surface area contributed by atoms with E-state index in [0.29, 0.717) is 23.3 Å². The van der Waals surface area contributed by atoms with E-state index in [-0.39, 0.29) is 11.6 Å². The molecule has 0 amide bonds. The molecule has 0 saturated carbocycles. The Morgan fingerprint density at radius 1 is 0.526 bits per heavy atom. The Hall–Kier alpha value is -5.17. The molecular formula is C31H22N6O. The predicted octanol–water partition coefficient (Wildman–Crippen LogP) is 6.02. The summed E-state index contributed by atoms with van der Waals surface area (Å²) in [7, 11) is 0. The lowest BCUT2D eigenvalue weighted by atomic mass is 10.0. The first kappa shape index (κ1) is 23.2. The van der Waals surface area contributed by atoms with Crippen LogP contribution in [0.3, 0.4) is 0 Å². The van der Waals surface area contributed by atoms with Gasteiger partial charge in [-0.15, -0.1) is 0 Å². The van der Waals surface area contributed by atoms with E-state index >= 15 is 0 Å². The minimum atomic E-state index is -0.491. The van der Waals surface area contributed by atoms with Gasteiger partial charge in [0, 0.05) is 16.7 Å². The standard InChI is InChI=1S/C31H22N6O/c38-25(30-34-26(21-13-5-1-6-14-21)32-27(35-30)22-15-7-2-8-16-22)31-36-28(23-17-9-3-10-18-23)33-29(37-31)24-19-11-4-12-20-24/h1-11,13-19H,12,20H2. The Morgan fingerprint density at radius 2 is 0.947 bits per heavy atom. The molecule has 0 spiro atoms. The Labute approximate surface area is 219 Å². The predicted molar refractivity (Wildman–Crippen MR) is 146 cm³/mol. The summed E-state index contributed by atoms with van der Waals surface area (Å²) in [5.41, 5.74) is 3.30. The second kappa shape index (κ2) is 10.4. The molecule has 6 rings (SSSR count). The lowest BCUT2D eigenvalue weighted by Gasteiger charge is -2.11. The van der Waals surface area contributed by atoms with Crippen molar-refractivity contribution in [1.29, 1.82) is 0 Å². The highest BCUT2D eigenvalue weighted by molar-refractivity contribution is 6.04. The second-order valence-corrected chi connectivity index (χ2v) is 8.70. The van der Waals surface area contributed by atoms with Gasteiger partial charge in [-0.3, -0.25) is 4.79 Å². The van der Waals surface area contributed by atoms with Gasteiger partial charge in [0.25, 0.3) is 5.78 Å². The Kier molecular flexibility index (Phi) is 6.39. The van der Waals surface area contributed by atoms with E-state index in [0.717, 1.165) is 35.1 Å².